The highest BCUT2D eigenvalue weighted by Crippen LogP contribution is 2.32. The van der Waals surface area contributed by atoms with Crippen LogP contribution in [0.1, 0.15) is 12.0 Å². The number of amides is 1. The van der Waals surface area contributed by atoms with Crippen LogP contribution < -0.4 is 20.1 Å². The van der Waals surface area contributed by atoms with Crippen LogP contribution in [0.15, 0.2) is 18.2 Å². The standard InChI is InChI=1S/C14H20N2O4/c1-18-6-2-5-16-14(17)9-15-8-11-3-4-12-13(7-11)20-10-19-12/h3-4,7,15H,2,5-6,8-10H2,1H3,(H,16,17). The van der Waals surface area contributed by atoms with Crippen LogP contribution >= 0.6 is 0 Å². The summed E-state index contributed by atoms with van der Waals surface area (Å²) in [5, 5.41) is 5.91. The molecule has 0 unspecified atom stereocenters. The first-order valence-electron chi connectivity index (χ1n) is 6.64. The van der Waals surface area contributed by atoms with Crippen LogP contribution in [0.5, 0.6) is 11.5 Å². The summed E-state index contributed by atoms with van der Waals surface area (Å²) in [7, 11) is 1.65. The summed E-state index contributed by atoms with van der Waals surface area (Å²) in [6.07, 6.45) is 0.824. The maximum absolute atomic E-state index is 11.5. The minimum atomic E-state index is -0.0122. The first-order chi connectivity index (χ1) is 9.79. The van der Waals surface area contributed by atoms with E-state index in [0.717, 1.165) is 23.5 Å². The lowest BCUT2D eigenvalue weighted by Crippen LogP contribution is -2.34. The third kappa shape index (κ3) is 4.40. The minimum Gasteiger partial charge on any atom is -0.454 e. The summed E-state index contributed by atoms with van der Waals surface area (Å²) in [4.78, 5) is 11.5. The maximum Gasteiger partial charge on any atom is 0.233 e. The minimum absolute atomic E-state index is 0.0122. The van der Waals surface area contributed by atoms with E-state index < -0.39 is 0 Å². The van der Waals surface area contributed by atoms with Crippen molar-refractivity contribution >= 4 is 5.91 Å². The Morgan fingerprint density at radius 2 is 2.20 bits per heavy atom. The van der Waals surface area contributed by atoms with E-state index in [1.165, 1.54) is 0 Å². The molecule has 110 valence electrons. The normalized spacial score (nSPS) is 12.4. The van der Waals surface area contributed by atoms with E-state index in [9.17, 15) is 4.79 Å². The van der Waals surface area contributed by atoms with Gasteiger partial charge in [0.2, 0.25) is 12.7 Å². The number of benzene rings is 1. The number of carbonyl (C=O) groups excluding carboxylic acids is 1. The predicted molar refractivity (Wildman–Crippen MR) is 73.8 cm³/mol. The zero-order valence-electron chi connectivity index (χ0n) is 11.6. The molecule has 0 fully saturated rings. The van der Waals surface area contributed by atoms with Crippen LogP contribution in [-0.2, 0) is 16.1 Å². The number of hydrogen-bond donors (Lipinski definition) is 2. The Labute approximate surface area is 118 Å². The zero-order chi connectivity index (χ0) is 14.2. The molecule has 0 atom stereocenters. The van der Waals surface area contributed by atoms with E-state index in [2.05, 4.69) is 10.6 Å². The molecule has 2 N–H and O–H groups in total. The van der Waals surface area contributed by atoms with Gasteiger partial charge in [-0.15, -0.1) is 0 Å². The molecule has 1 amide bonds. The average molecular weight is 280 g/mol. The first-order valence-corrected chi connectivity index (χ1v) is 6.64. The fourth-order valence-electron chi connectivity index (χ4n) is 1.88. The lowest BCUT2D eigenvalue weighted by Gasteiger charge is -2.07. The first kappa shape index (κ1) is 14.6. The van der Waals surface area contributed by atoms with Crippen LogP contribution in [0.3, 0.4) is 0 Å². The number of fused-ring (bicyclic) bond motifs is 1. The predicted octanol–water partition coefficient (Wildman–Crippen LogP) is 0.658. The van der Waals surface area contributed by atoms with Crippen LogP contribution in [0, 0.1) is 0 Å². The summed E-state index contributed by atoms with van der Waals surface area (Å²) in [6, 6.07) is 5.76. The van der Waals surface area contributed by atoms with Crippen LogP contribution in [0.4, 0.5) is 0 Å². The molecule has 6 nitrogen and oxygen atoms in total. The lowest BCUT2D eigenvalue weighted by atomic mass is 10.2. The monoisotopic (exact) mass is 280 g/mol. The van der Waals surface area contributed by atoms with Crippen molar-refractivity contribution in [3.63, 3.8) is 0 Å². The van der Waals surface area contributed by atoms with Gasteiger partial charge in [-0.2, -0.15) is 0 Å². The summed E-state index contributed by atoms with van der Waals surface area (Å²) in [5.74, 6) is 1.51. The molecule has 0 aliphatic carbocycles. The van der Waals surface area contributed by atoms with Gasteiger partial charge in [-0.25, -0.2) is 0 Å². The van der Waals surface area contributed by atoms with E-state index in [4.69, 9.17) is 14.2 Å². The molecular weight excluding hydrogens is 260 g/mol. The number of rotatable bonds is 8. The Kier molecular flexibility index (Phi) is 5.64. The molecule has 0 bridgehead atoms. The Hall–Kier alpha value is -1.79. The average Bonchev–Trinajstić information content (AvgIpc) is 2.91. The molecule has 0 saturated carbocycles. The van der Waals surface area contributed by atoms with Crippen molar-refractivity contribution in [3.05, 3.63) is 23.8 Å². The molecule has 1 aliphatic heterocycles. The van der Waals surface area contributed by atoms with Gasteiger partial charge in [0.05, 0.1) is 6.54 Å². The molecule has 6 heteroatoms. The Morgan fingerprint density at radius 1 is 1.35 bits per heavy atom. The van der Waals surface area contributed by atoms with Crippen LogP contribution in [-0.4, -0.2) is 39.5 Å². The van der Waals surface area contributed by atoms with E-state index in [1.54, 1.807) is 7.11 Å². The number of carbonyl (C=O) groups is 1. The number of methoxy groups -OCH3 is 1. The van der Waals surface area contributed by atoms with E-state index in [0.29, 0.717) is 26.2 Å². The topological polar surface area (TPSA) is 68.8 Å². The Balaban J connectivity index is 1.64. The van der Waals surface area contributed by atoms with Gasteiger partial charge in [-0.1, -0.05) is 6.07 Å². The maximum atomic E-state index is 11.5. The largest absolute Gasteiger partial charge is 0.454 e. The molecule has 1 aliphatic rings. The van der Waals surface area contributed by atoms with Gasteiger partial charge in [-0.05, 0) is 24.1 Å². The van der Waals surface area contributed by atoms with Crippen molar-refractivity contribution in [2.24, 2.45) is 0 Å². The zero-order valence-corrected chi connectivity index (χ0v) is 11.6. The van der Waals surface area contributed by atoms with Gasteiger partial charge in [0.1, 0.15) is 0 Å². The van der Waals surface area contributed by atoms with Crippen LogP contribution in [0.25, 0.3) is 0 Å². The Morgan fingerprint density at radius 3 is 3.05 bits per heavy atom. The van der Waals surface area contributed by atoms with Crippen molar-refractivity contribution < 1.29 is 19.0 Å². The van der Waals surface area contributed by atoms with Gasteiger partial charge < -0.3 is 24.8 Å². The highest BCUT2D eigenvalue weighted by molar-refractivity contribution is 5.77. The van der Waals surface area contributed by atoms with Crippen molar-refractivity contribution in [1.82, 2.24) is 10.6 Å². The van der Waals surface area contributed by atoms with Crippen molar-refractivity contribution in [1.29, 1.82) is 0 Å². The molecule has 1 aromatic carbocycles. The van der Waals surface area contributed by atoms with Crippen molar-refractivity contribution in [3.8, 4) is 11.5 Å². The molecule has 2 rings (SSSR count). The highest BCUT2D eigenvalue weighted by atomic mass is 16.7. The van der Waals surface area contributed by atoms with Gasteiger partial charge in [0.25, 0.3) is 0 Å². The second-order valence-electron chi connectivity index (χ2n) is 4.49. The molecule has 0 spiro atoms. The SMILES string of the molecule is COCCCNC(=O)CNCc1ccc2c(c1)OCO2. The summed E-state index contributed by atoms with van der Waals surface area (Å²) >= 11 is 0. The lowest BCUT2D eigenvalue weighted by molar-refractivity contribution is -0.120. The second kappa shape index (κ2) is 7.72. The quantitative estimate of drug-likeness (QED) is 0.685. The molecule has 1 aromatic rings. The third-order valence-electron chi connectivity index (χ3n) is 2.90. The Bertz CT molecular complexity index is 451. The smallest absolute Gasteiger partial charge is 0.233 e. The van der Waals surface area contributed by atoms with Gasteiger partial charge in [-0.3, -0.25) is 4.79 Å². The number of hydrogen-bond acceptors (Lipinski definition) is 5. The molecule has 0 saturated heterocycles. The number of nitrogens with one attached hydrogen (secondary N) is 2. The molecule has 20 heavy (non-hydrogen) atoms. The van der Waals surface area contributed by atoms with Crippen molar-refractivity contribution in [2.75, 3.05) is 33.6 Å². The summed E-state index contributed by atoms with van der Waals surface area (Å²) < 4.78 is 15.5. The molecule has 0 radical (unpaired) electrons. The van der Waals surface area contributed by atoms with E-state index in [-0.39, 0.29) is 12.7 Å². The second-order valence-corrected chi connectivity index (χ2v) is 4.49. The van der Waals surface area contributed by atoms with E-state index in [1.807, 2.05) is 18.2 Å². The summed E-state index contributed by atoms with van der Waals surface area (Å²) in [5.41, 5.74) is 1.06. The summed E-state index contributed by atoms with van der Waals surface area (Å²) in [6.45, 7) is 2.48. The fraction of sp³-hybridized carbons (Fsp3) is 0.500. The number of ether oxygens (including phenoxy) is 3. The van der Waals surface area contributed by atoms with Crippen LogP contribution in [0.2, 0.25) is 0 Å². The fourth-order valence-corrected chi connectivity index (χ4v) is 1.88. The van der Waals surface area contributed by atoms with E-state index >= 15 is 0 Å². The molecule has 0 aromatic heterocycles. The highest BCUT2D eigenvalue weighted by Gasteiger charge is 2.12. The third-order valence-corrected chi connectivity index (χ3v) is 2.90. The van der Waals surface area contributed by atoms with Gasteiger partial charge >= 0.3 is 0 Å². The molecule has 1 heterocycles. The van der Waals surface area contributed by atoms with Gasteiger partial charge in [0, 0.05) is 26.8 Å². The molecular formula is C14H20N2O4. The van der Waals surface area contributed by atoms with Crippen molar-refractivity contribution in [2.45, 2.75) is 13.0 Å². The van der Waals surface area contributed by atoms with Gasteiger partial charge in [0.15, 0.2) is 11.5 Å².